The van der Waals surface area contributed by atoms with E-state index in [0.717, 1.165) is 16.5 Å². The summed E-state index contributed by atoms with van der Waals surface area (Å²) in [5, 5.41) is 12.3. The molecular weight excluding hydrogens is 411 g/mol. The van der Waals surface area contributed by atoms with Crippen molar-refractivity contribution in [1.82, 2.24) is 29.9 Å². The zero-order chi connectivity index (χ0) is 22.0. The second-order valence-corrected chi connectivity index (χ2v) is 7.70. The van der Waals surface area contributed by atoms with Crippen molar-refractivity contribution in [1.29, 1.82) is 0 Å². The second-order valence-electron chi connectivity index (χ2n) is 7.70. The predicted molar refractivity (Wildman–Crippen MR) is 108 cm³/mol. The van der Waals surface area contributed by atoms with E-state index in [1.807, 2.05) is 6.07 Å². The highest BCUT2D eigenvalue weighted by molar-refractivity contribution is 5.94. The molecule has 3 aromatic rings. The predicted octanol–water partition coefficient (Wildman–Crippen LogP) is 3.03. The SMILES string of the molecule is Cn1nncc1-c1cc2cc(NC(=O)C3CCN(CCC(F)(F)F)CC3)ncc2cn1. The maximum Gasteiger partial charge on any atom is 0.390 e. The van der Waals surface area contributed by atoms with E-state index in [9.17, 15) is 18.0 Å². The number of halogens is 3. The van der Waals surface area contributed by atoms with Crippen molar-refractivity contribution in [3.63, 3.8) is 0 Å². The highest BCUT2D eigenvalue weighted by atomic mass is 19.4. The average Bonchev–Trinajstić information content (AvgIpc) is 3.17. The van der Waals surface area contributed by atoms with Crippen LogP contribution in [0.15, 0.2) is 30.7 Å². The highest BCUT2D eigenvalue weighted by Crippen LogP contribution is 2.25. The summed E-state index contributed by atoms with van der Waals surface area (Å²) in [5.41, 5.74) is 1.47. The standard InChI is InChI=1S/C20H22F3N7O/c1-29-17(12-26-28-29)16-8-14-9-18(25-11-15(14)10-24-16)27-19(31)13-2-5-30(6-3-13)7-4-20(21,22)23/h8-13H,2-7H2,1H3,(H,25,27,31). The molecule has 0 atom stereocenters. The van der Waals surface area contributed by atoms with Gasteiger partial charge in [-0.15, -0.1) is 5.10 Å². The van der Waals surface area contributed by atoms with Crippen molar-refractivity contribution >= 4 is 22.5 Å². The zero-order valence-corrected chi connectivity index (χ0v) is 16.9. The van der Waals surface area contributed by atoms with Crippen molar-refractivity contribution < 1.29 is 18.0 Å². The smallest absolute Gasteiger partial charge is 0.310 e. The van der Waals surface area contributed by atoms with Crippen LogP contribution in [0.4, 0.5) is 19.0 Å². The van der Waals surface area contributed by atoms with Gasteiger partial charge < -0.3 is 10.2 Å². The molecule has 0 radical (unpaired) electrons. The van der Waals surface area contributed by atoms with E-state index in [1.54, 1.807) is 41.3 Å². The lowest BCUT2D eigenvalue weighted by Gasteiger charge is -2.31. The summed E-state index contributed by atoms with van der Waals surface area (Å²) in [6, 6.07) is 3.66. The minimum atomic E-state index is -4.15. The highest BCUT2D eigenvalue weighted by Gasteiger charge is 2.30. The molecule has 0 aliphatic carbocycles. The molecule has 4 heterocycles. The molecule has 0 bridgehead atoms. The van der Waals surface area contributed by atoms with E-state index in [4.69, 9.17) is 0 Å². The van der Waals surface area contributed by atoms with Gasteiger partial charge in [-0.2, -0.15) is 13.2 Å². The second kappa shape index (κ2) is 8.58. The van der Waals surface area contributed by atoms with Gasteiger partial charge in [0.15, 0.2) is 0 Å². The Morgan fingerprint density at radius 2 is 1.87 bits per heavy atom. The van der Waals surface area contributed by atoms with Crippen LogP contribution in [0.2, 0.25) is 0 Å². The van der Waals surface area contributed by atoms with Gasteiger partial charge >= 0.3 is 6.18 Å². The minimum absolute atomic E-state index is 0.0212. The van der Waals surface area contributed by atoms with E-state index in [0.29, 0.717) is 37.4 Å². The number of rotatable bonds is 5. The number of pyridine rings is 2. The minimum Gasteiger partial charge on any atom is -0.310 e. The number of nitrogens with one attached hydrogen (secondary N) is 1. The summed E-state index contributed by atoms with van der Waals surface area (Å²) in [5.74, 6) is 0.0258. The third-order valence-electron chi connectivity index (χ3n) is 5.50. The van der Waals surface area contributed by atoms with Crippen molar-refractivity contribution in [3.05, 3.63) is 30.7 Å². The number of carbonyl (C=O) groups excluding carboxylic acids is 1. The van der Waals surface area contributed by atoms with Gasteiger partial charge in [0.05, 0.1) is 18.3 Å². The summed E-state index contributed by atoms with van der Waals surface area (Å²) in [7, 11) is 1.78. The molecule has 1 amide bonds. The van der Waals surface area contributed by atoms with Gasteiger partial charge in [-0.3, -0.25) is 9.78 Å². The summed E-state index contributed by atoms with van der Waals surface area (Å²) in [6.45, 7) is 0.937. The largest absolute Gasteiger partial charge is 0.390 e. The van der Waals surface area contributed by atoms with Crippen LogP contribution in [-0.4, -0.2) is 61.6 Å². The quantitative estimate of drug-likeness (QED) is 0.666. The summed E-state index contributed by atoms with van der Waals surface area (Å²) in [4.78, 5) is 23.1. The summed E-state index contributed by atoms with van der Waals surface area (Å²) >= 11 is 0. The molecule has 1 aliphatic heterocycles. The van der Waals surface area contributed by atoms with Gasteiger partial charge in [0.2, 0.25) is 5.91 Å². The molecule has 11 heteroatoms. The van der Waals surface area contributed by atoms with Crippen LogP contribution in [0.25, 0.3) is 22.2 Å². The first-order valence-corrected chi connectivity index (χ1v) is 9.99. The third-order valence-corrected chi connectivity index (χ3v) is 5.50. The van der Waals surface area contributed by atoms with Gasteiger partial charge in [-0.25, -0.2) is 9.67 Å². The number of alkyl halides is 3. The van der Waals surface area contributed by atoms with Crippen LogP contribution in [0.1, 0.15) is 19.3 Å². The number of aromatic nitrogens is 5. The molecule has 1 N–H and O–H groups in total. The van der Waals surface area contributed by atoms with Crippen LogP contribution < -0.4 is 5.32 Å². The Kier molecular flexibility index (Phi) is 5.86. The molecule has 164 valence electrons. The van der Waals surface area contributed by atoms with Gasteiger partial charge in [-0.1, -0.05) is 5.21 Å². The topological polar surface area (TPSA) is 88.8 Å². The Balaban J connectivity index is 1.39. The van der Waals surface area contributed by atoms with Gasteiger partial charge in [-0.05, 0) is 43.5 Å². The number of nitrogens with zero attached hydrogens (tertiary/aromatic N) is 6. The van der Waals surface area contributed by atoms with Crippen LogP contribution in [0.3, 0.4) is 0 Å². The Bertz CT molecular complexity index is 1070. The number of likely N-dealkylation sites (tertiary alicyclic amines) is 1. The number of hydrogen-bond donors (Lipinski definition) is 1. The van der Waals surface area contributed by atoms with Crippen molar-refractivity contribution in [3.8, 4) is 11.4 Å². The first-order valence-electron chi connectivity index (χ1n) is 9.99. The van der Waals surface area contributed by atoms with Gasteiger partial charge in [0.1, 0.15) is 11.5 Å². The monoisotopic (exact) mass is 433 g/mol. The van der Waals surface area contributed by atoms with Crippen LogP contribution >= 0.6 is 0 Å². The molecular formula is C20H22F3N7O. The molecule has 0 spiro atoms. The van der Waals surface area contributed by atoms with E-state index >= 15 is 0 Å². The fourth-order valence-corrected chi connectivity index (χ4v) is 3.70. The number of hydrogen-bond acceptors (Lipinski definition) is 6. The van der Waals surface area contributed by atoms with Crippen LogP contribution in [0.5, 0.6) is 0 Å². The Morgan fingerprint density at radius 3 is 2.55 bits per heavy atom. The molecule has 1 aliphatic rings. The lowest BCUT2D eigenvalue weighted by Crippen LogP contribution is -2.39. The maximum absolute atomic E-state index is 12.6. The van der Waals surface area contributed by atoms with Gasteiger partial charge in [0.25, 0.3) is 0 Å². The summed E-state index contributed by atoms with van der Waals surface area (Å²) in [6.07, 6.45) is 1.04. The van der Waals surface area contributed by atoms with Crippen LogP contribution in [-0.2, 0) is 11.8 Å². The molecule has 31 heavy (non-hydrogen) atoms. The Morgan fingerprint density at radius 1 is 1.13 bits per heavy atom. The lowest BCUT2D eigenvalue weighted by molar-refractivity contribution is -0.139. The molecule has 0 saturated carbocycles. The molecule has 8 nitrogen and oxygen atoms in total. The summed E-state index contributed by atoms with van der Waals surface area (Å²) < 4.78 is 38.8. The molecule has 0 aromatic carbocycles. The fraction of sp³-hybridized carbons (Fsp3) is 0.450. The Hall–Kier alpha value is -3.08. The number of aryl methyl sites for hydroxylation is 1. The molecule has 1 saturated heterocycles. The lowest BCUT2D eigenvalue weighted by atomic mass is 9.96. The average molecular weight is 433 g/mol. The molecule has 4 rings (SSSR count). The first-order chi connectivity index (χ1) is 14.8. The van der Waals surface area contributed by atoms with E-state index < -0.39 is 12.6 Å². The van der Waals surface area contributed by atoms with Crippen molar-refractivity contribution in [2.24, 2.45) is 13.0 Å². The molecule has 3 aromatic heterocycles. The van der Waals surface area contributed by atoms with Crippen molar-refractivity contribution in [2.45, 2.75) is 25.4 Å². The van der Waals surface area contributed by atoms with Gasteiger partial charge in [0, 0.05) is 37.3 Å². The number of carbonyl (C=O) groups is 1. The van der Waals surface area contributed by atoms with E-state index in [2.05, 4.69) is 25.6 Å². The number of fused-ring (bicyclic) bond motifs is 1. The van der Waals surface area contributed by atoms with Crippen molar-refractivity contribution in [2.75, 3.05) is 25.0 Å². The normalized spacial score (nSPS) is 16.0. The molecule has 1 fully saturated rings. The first kappa shape index (κ1) is 21.2. The zero-order valence-electron chi connectivity index (χ0n) is 16.9. The number of amides is 1. The third kappa shape index (κ3) is 5.16. The van der Waals surface area contributed by atoms with Crippen LogP contribution in [0, 0.1) is 5.92 Å². The number of piperidine rings is 1. The van der Waals surface area contributed by atoms with E-state index in [1.165, 1.54) is 0 Å². The maximum atomic E-state index is 12.6. The Labute approximate surface area is 176 Å². The van der Waals surface area contributed by atoms with E-state index in [-0.39, 0.29) is 18.4 Å². The fourth-order valence-electron chi connectivity index (χ4n) is 3.70. The number of anilines is 1. The molecule has 0 unspecified atom stereocenters.